The van der Waals surface area contributed by atoms with Crippen molar-refractivity contribution in [2.45, 2.75) is 32.2 Å². The molecule has 1 N–H and O–H groups in total. The van der Waals surface area contributed by atoms with Crippen LogP contribution in [0.25, 0.3) is 10.8 Å². The van der Waals surface area contributed by atoms with E-state index in [1.165, 1.54) is 29.2 Å². The predicted molar refractivity (Wildman–Crippen MR) is 88.7 cm³/mol. The molecule has 112 valence electrons. The van der Waals surface area contributed by atoms with Crippen LogP contribution in [0, 0.1) is 5.92 Å². The largest absolute Gasteiger partial charge is 0.381 e. The van der Waals surface area contributed by atoms with Gasteiger partial charge < -0.3 is 10.1 Å². The van der Waals surface area contributed by atoms with E-state index in [4.69, 9.17) is 4.74 Å². The van der Waals surface area contributed by atoms with E-state index in [1.54, 1.807) is 0 Å². The first kappa shape index (κ1) is 14.6. The van der Waals surface area contributed by atoms with Gasteiger partial charge in [-0.3, -0.25) is 0 Å². The average molecular weight is 283 g/mol. The molecule has 2 aromatic carbocycles. The minimum Gasteiger partial charge on any atom is -0.381 e. The fourth-order valence-electron chi connectivity index (χ4n) is 3.44. The quantitative estimate of drug-likeness (QED) is 0.871. The van der Waals surface area contributed by atoms with Crippen LogP contribution in [-0.4, -0.2) is 25.8 Å². The van der Waals surface area contributed by atoms with Gasteiger partial charge in [0.25, 0.3) is 0 Å². The first-order valence-electron chi connectivity index (χ1n) is 8.14. The molecule has 1 heterocycles. The number of rotatable bonds is 6. The predicted octanol–water partition coefficient (Wildman–Crippen LogP) is 3.79. The molecule has 2 atom stereocenters. The van der Waals surface area contributed by atoms with E-state index in [2.05, 4.69) is 54.7 Å². The van der Waals surface area contributed by atoms with Crippen molar-refractivity contribution in [2.75, 3.05) is 19.8 Å². The van der Waals surface area contributed by atoms with E-state index in [-0.39, 0.29) is 0 Å². The van der Waals surface area contributed by atoms with E-state index in [9.17, 15) is 0 Å². The third-order valence-electron chi connectivity index (χ3n) is 4.48. The number of hydrogen-bond acceptors (Lipinski definition) is 2. The molecule has 0 spiro atoms. The maximum absolute atomic E-state index is 5.53. The molecule has 0 saturated carbocycles. The van der Waals surface area contributed by atoms with Gasteiger partial charge in [0.05, 0.1) is 0 Å². The molecule has 1 aliphatic heterocycles. The topological polar surface area (TPSA) is 21.3 Å². The molecule has 2 unspecified atom stereocenters. The number of hydrogen-bond donors (Lipinski definition) is 1. The second-order valence-corrected chi connectivity index (χ2v) is 6.06. The Balaban J connectivity index is 1.76. The normalized spacial score (nSPS) is 20.0. The van der Waals surface area contributed by atoms with Gasteiger partial charge in [-0.05, 0) is 48.1 Å². The van der Waals surface area contributed by atoms with Crippen molar-refractivity contribution >= 4 is 10.8 Å². The van der Waals surface area contributed by atoms with Gasteiger partial charge in [-0.1, -0.05) is 49.4 Å². The van der Waals surface area contributed by atoms with Crippen molar-refractivity contribution in [3.8, 4) is 0 Å². The third-order valence-corrected chi connectivity index (χ3v) is 4.48. The monoisotopic (exact) mass is 283 g/mol. The van der Waals surface area contributed by atoms with Crippen LogP contribution in [-0.2, 0) is 11.2 Å². The summed E-state index contributed by atoms with van der Waals surface area (Å²) in [7, 11) is 0. The summed E-state index contributed by atoms with van der Waals surface area (Å²) in [6, 6.07) is 15.9. The summed E-state index contributed by atoms with van der Waals surface area (Å²) in [5.41, 5.74) is 1.46. The number of likely N-dealkylation sites (N-methyl/N-ethyl adjacent to an activating group) is 1. The first-order valence-corrected chi connectivity index (χ1v) is 8.14. The fraction of sp³-hybridized carbons (Fsp3) is 0.474. The van der Waals surface area contributed by atoms with Gasteiger partial charge in [-0.15, -0.1) is 0 Å². The molecule has 0 radical (unpaired) electrons. The molecule has 3 rings (SSSR count). The lowest BCUT2D eigenvalue weighted by Crippen LogP contribution is -2.33. The highest BCUT2D eigenvalue weighted by Gasteiger charge is 2.20. The second-order valence-electron chi connectivity index (χ2n) is 6.06. The number of nitrogens with one attached hydrogen (secondary N) is 1. The first-order chi connectivity index (χ1) is 10.4. The van der Waals surface area contributed by atoms with Crippen LogP contribution in [0.5, 0.6) is 0 Å². The lowest BCUT2D eigenvalue weighted by Gasteiger charge is -2.21. The van der Waals surface area contributed by atoms with Crippen molar-refractivity contribution in [1.29, 1.82) is 0 Å². The van der Waals surface area contributed by atoms with Gasteiger partial charge in [0.15, 0.2) is 0 Å². The zero-order chi connectivity index (χ0) is 14.5. The van der Waals surface area contributed by atoms with Crippen LogP contribution < -0.4 is 5.32 Å². The van der Waals surface area contributed by atoms with Crippen LogP contribution in [0.3, 0.4) is 0 Å². The minimum atomic E-state index is 0.549. The van der Waals surface area contributed by atoms with Crippen LogP contribution >= 0.6 is 0 Å². The summed E-state index contributed by atoms with van der Waals surface area (Å²) in [6.45, 7) is 5.11. The van der Waals surface area contributed by atoms with Crippen LogP contribution in [0.2, 0.25) is 0 Å². The molecular weight excluding hydrogens is 258 g/mol. The maximum atomic E-state index is 5.53. The van der Waals surface area contributed by atoms with Crippen LogP contribution in [0.1, 0.15) is 25.3 Å². The molecule has 0 bridgehead atoms. The lowest BCUT2D eigenvalue weighted by atomic mass is 9.92. The van der Waals surface area contributed by atoms with Crippen molar-refractivity contribution in [2.24, 2.45) is 5.92 Å². The highest BCUT2D eigenvalue weighted by atomic mass is 16.5. The minimum absolute atomic E-state index is 0.549. The highest BCUT2D eigenvalue weighted by molar-refractivity contribution is 5.85. The molecule has 0 amide bonds. The Bertz CT molecular complexity index is 569. The molecule has 0 aliphatic carbocycles. The molecule has 2 aromatic rings. The van der Waals surface area contributed by atoms with E-state index >= 15 is 0 Å². The summed E-state index contributed by atoms with van der Waals surface area (Å²) in [4.78, 5) is 0. The standard InChI is InChI=1S/C19H25NO/c1-2-20-18(12-15-10-11-21-14-15)13-17-8-5-7-16-6-3-4-9-19(16)17/h3-9,15,18,20H,2,10-14H2,1H3. The molecule has 1 aliphatic rings. The Hall–Kier alpha value is -1.38. The van der Waals surface area contributed by atoms with Gasteiger partial charge >= 0.3 is 0 Å². The van der Waals surface area contributed by atoms with Crippen LogP contribution in [0.15, 0.2) is 42.5 Å². The molecule has 0 aromatic heterocycles. The SMILES string of the molecule is CCNC(Cc1cccc2ccccc12)CC1CCOC1. The second kappa shape index (κ2) is 7.06. The number of ether oxygens (including phenoxy) is 1. The van der Waals surface area contributed by atoms with E-state index < -0.39 is 0 Å². The highest BCUT2D eigenvalue weighted by Crippen LogP contribution is 2.23. The molecule has 1 saturated heterocycles. The molecule has 1 fully saturated rings. The Morgan fingerprint density at radius 3 is 2.86 bits per heavy atom. The maximum Gasteiger partial charge on any atom is 0.0495 e. The molecule has 2 nitrogen and oxygen atoms in total. The van der Waals surface area contributed by atoms with Crippen LogP contribution in [0.4, 0.5) is 0 Å². The summed E-state index contributed by atoms with van der Waals surface area (Å²) in [6.07, 6.45) is 3.54. The van der Waals surface area contributed by atoms with Gasteiger partial charge in [0, 0.05) is 19.3 Å². The van der Waals surface area contributed by atoms with Gasteiger partial charge in [0.1, 0.15) is 0 Å². The Kier molecular flexibility index (Phi) is 4.89. The van der Waals surface area contributed by atoms with Crippen molar-refractivity contribution in [3.05, 3.63) is 48.0 Å². The molecule has 21 heavy (non-hydrogen) atoms. The van der Waals surface area contributed by atoms with Gasteiger partial charge in [-0.25, -0.2) is 0 Å². The summed E-state index contributed by atoms with van der Waals surface area (Å²) in [5.74, 6) is 0.726. The average Bonchev–Trinajstić information content (AvgIpc) is 3.01. The van der Waals surface area contributed by atoms with Crippen molar-refractivity contribution in [1.82, 2.24) is 5.32 Å². The van der Waals surface area contributed by atoms with Crippen molar-refractivity contribution in [3.63, 3.8) is 0 Å². The third kappa shape index (κ3) is 3.63. The summed E-state index contributed by atoms with van der Waals surface area (Å²) in [5, 5.41) is 6.40. The Morgan fingerprint density at radius 2 is 2.05 bits per heavy atom. The zero-order valence-electron chi connectivity index (χ0n) is 12.8. The summed E-state index contributed by atoms with van der Waals surface area (Å²) >= 11 is 0. The molecule has 2 heteroatoms. The van der Waals surface area contributed by atoms with Crippen molar-refractivity contribution < 1.29 is 4.74 Å². The number of benzene rings is 2. The molecular formula is C19H25NO. The van der Waals surface area contributed by atoms with E-state index in [1.807, 2.05) is 0 Å². The zero-order valence-corrected chi connectivity index (χ0v) is 12.8. The Labute approximate surface area is 127 Å². The smallest absolute Gasteiger partial charge is 0.0495 e. The van der Waals surface area contributed by atoms with Gasteiger partial charge in [-0.2, -0.15) is 0 Å². The van der Waals surface area contributed by atoms with E-state index in [0.29, 0.717) is 6.04 Å². The lowest BCUT2D eigenvalue weighted by molar-refractivity contribution is 0.181. The van der Waals surface area contributed by atoms with E-state index in [0.717, 1.165) is 32.1 Å². The Morgan fingerprint density at radius 1 is 1.19 bits per heavy atom. The summed E-state index contributed by atoms with van der Waals surface area (Å²) < 4.78 is 5.53. The fourth-order valence-corrected chi connectivity index (χ4v) is 3.44. The van der Waals surface area contributed by atoms with Gasteiger partial charge in [0.2, 0.25) is 0 Å². The number of fused-ring (bicyclic) bond motifs is 1.